The summed E-state index contributed by atoms with van der Waals surface area (Å²) in [5.41, 5.74) is 7.95. The molecule has 4 rings (SSSR count). The summed E-state index contributed by atoms with van der Waals surface area (Å²) < 4.78 is 0. The van der Waals surface area contributed by atoms with Crippen LogP contribution in [0.3, 0.4) is 0 Å². The van der Waals surface area contributed by atoms with Crippen molar-refractivity contribution in [3.63, 3.8) is 0 Å². The molecule has 0 aromatic heterocycles. The van der Waals surface area contributed by atoms with Gasteiger partial charge in [-0.25, -0.2) is 5.43 Å². The number of carbonyl (C=O) groups is 1. The van der Waals surface area contributed by atoms with Gasteiger partial charge in [-0.15, -0.1) is 0 Å². The van der Waals surface area contributed by atoms with Gasteiger partial charge in [0.25, 0.3) is 0 Å². The fourth-order valence-corrected chi connectivity index (χ4v) is 4.54. The average Bonchev–Trinajstić information content (AvgIpc) is 3.19. The highest BCUT2D eigenvalue weighted by molar-refractivity contribution is 5.83. The van der Waals surface area contributed by atoms with Crippen LogP contribution in [-0.2, 0) is 4.79 Å². The van der Waals surface area contributed by atoms with Crippen LogP contribution < -0.4 is 16.2 Å². The van der Waals surface area contributed by atoms with E-state index in [-0.39, 0.29) is 18.0 Å². The number of hydrazine groups is 1. The Morgan fingerprint density at radius 3 is 2.83 bits per heavy atom. The van der Waals surface area contributed by atoms with E-state index >= 15 is 0 Å². The van der Waals surface area contributed by atoms with Gasteiger partial charge >= 0.3 is 0 Å². The van der Waals surface area contributed by atoms with Crippen molar-refractivity contribution >= 4 is 5.91 Å². The quantitative estimate of drug-likeness (QED) is 0.757. The molecule has 1 aromatic rings. The van der Waals surface area contributed by atoms with Gasteiger partial charge in [-0.3, -0.25) is 10.2 Å². The zero-order valence-corrected chi connectivity index (χ0v) is 13.7. The number of rotatable bonds is 2. The second-order valence-electron chi connectivity index (χ2n) is 7.11. The highest BCUT2D eigenvalue weighted by Crippen LogP contribution is 2.34. The molecule has 5 atom stereocenters. The second-order valence-corrected chi connectivity index (χ2v) is 7.11. The molecule has 23 heavy (non-hydrogen) atoms. The second kappa shape index (κ2) is 6.23. The van der Waals surface area contributed by atoms with Crippen molar-refractivity contribution in [2.24, 2.45) is 5.92 Å². The van der Waals surface area contributed by atoms with Crippen molar-refractivity contribution in [3.8, 4) is 0 Å². The molecule has 0 saturated carbocycles. The van der Waals surface area contributed by atoms with E-state index in [2.05, 4.69) is 58.3 Å². The van der Waals surface area contributed by atoms with Crippen LogP contribution >= 0.6 is 0 Å². The highest BCUT2D eigenvalue weighted by Gasteiger charge is 2.45. The van der Waals surface area contributed by atoms with Crippen LogP contribution in [0.2, 0.25) is 0 Å². The first kappa shape index (κ1) is 15.1. The lowest BCUT2D eigenvalue weighted by Crippen LogP contribution is -2.51. The summed E-state index contributed by atoms with van der Waals surface area (Å²) in [6, 6.07) is 11.2. The predicted molar refractivity (Wildman–Crippen MR) is 89.8 cm³/mol. The highest BCUT2D eigenvalue weighted by atomic mass is 16.2. The minimum atomic E-state index is -0.0928. The Hall–Kier alpha value is -1.43. The number of likely N-dealkylation sites (tertiary alicyclic amines) is 1. The number of piperidine rings is 1. The van der Waals surface area contributed by atoms with Gasteiger partial charge in [-0.2, -0.15) is 0 Å². The summed E-state index contributed by atoms with van der Waals surface area (Å²) in [6.45, 7) is 5.02. The number of fused-ring (bicyclic) bond motifs is 1. The zero-order chi connectivity index (χ0) is 15.8. The number of nitrogens with one attached hydrogen (secondary N) is 3. The van der Waals surface area contributed by atoms with Crippen molar-refractivity contribution in [1.82, 2.24) is 21.1 Å². The molecule has 0 bridgehead atoms. The van der Waals surface area contributed by atoms with E-state index in [9.17, 15) is 4.79 Å². The molecule has 3 aliphatic heterocycles. The minimum absolute atomic E-state index is 0.0928. The third-order valence-electron chi connectivity index (χ3n) is 5.91. The molecule has 0 aliphatic carbocycles. The van der Waals surface area contributed by atoms with Gasteiger partial charge in [0.1, 0.15) is 6.04 Å². The van der Waals surface area contributed by atoms with Crippen molar-refractivity contribution in [1.29, 1.82) is 0 Å². The zero-order valence-electron chi connectivity index (χ0n) is 13.7. The lowest BCUT2D eigenvalue weighted by molar-refractivity contribution is -0.134. The number of nitrogens with zero attached hydrogens (tertiary/aromatic N) is 1. The van der Waals surface area contributed by atoms with E-state index in [0.717, 1.165) is 32.5 Å². The summed E-state index contributed by atoms with van der Waals surface area (Å²) in [5.74, 6) is 1.08. The number of carbonyl (C=O) groups excluding carboxylic acids is 1. The molecule has 5 heteroatoms. The molecule has 0 spiro atoms. The van der Waals surface area contributed by atoms with Crippen molar-refractivity contribution in [2.45, 2.75) is 43.8 Å². The van der Waals surface area contributed by atoms with Crippen molar-refractivity contribution in [2.75, 3.05) is 19.6 Å². The molecule has 124 valence electrons. The number of amides is 1. The summed E-state index contributed by atoms with van der Waals surface area (Å²) >= 11 is 0. The number of hydrogen-bond donors (Lipinski definition) is 3. The molecule has 3 N–H and O–H groups in total. The van der Waals surface area contributed by atoms with Gasteiger partial charge in [0.05, 0.1) is 0 Å². The smallest absolute Gasteiger partial charge is 0.241 e. The first-order chi connectivity index (χ1) is 11.3. The average molecular weight is 314 g/mol. The molecule has 3 fully saturated rings. The molecule has 3 saturated heterocycles. The van der Waals surface area contributed by atoms with Gasteiger partial charge in [0.15, 0.2) is 0 Å². The molecule has 3 heterocycles. The van der Waals surface area contributed by atoms with Crippen LogP contribution in [0.4, 0.5) is 0 Å². The van der Waals surface area contributed by atoms with E-state index in [4.69, 9.17) is 0 Å². The first-order valence-electron chi connectivity index (χ1n) is 8.83. The van der Waals surface area contributed by atoms with Crippen LogP contribution in [0.25, 0.3) is 0 Å². The third-order valence-corrected chi connectivity index (χ3v) is 5.91. The third kappa shape index (κ3) is 2.67. The Balaban J connectivity index is 1.47. The van der Waals surface area contributed by atoms with Gasteiger partial charge in [0.2, 0.25) is 5.91 Å². The largest absolute Gasteiger partial charge is 0.338 e. The lowest BCUT2D eigenvalue weighted by Gasteiger charge is -2.32. The molecular weight excluding hydrogens is 288 g/mol. The Labute approximate surface area is 137 Å². The van der Waals surface area contributed by atoms with Crippen LogP contribution in [0, 0.1) is 5.92 Å². The van der Waals surface area contributed by atoms with Crippen molar-refractivity contribution in [3.05, 3.63) is 35.9 Å². The van der Waals surface area contributed by atoms with Gasteiger partial charge in [-0.1, -0.05) is 30.3 Å². The lowest BCUT2D eigenvalue weighted by atomic mass is 9.88. The topological polar surface area (TPSA) is 56.4 Å². The maximum atomic E-state index is 13.1. The van der Waals surface area contributed by atoms with E-state index in [0.29, 0.717) is 17.9 Å². The summed E-state index contributed by atoms with van der Waals surface area (Å²) in [4.78, 5) is 15.2. The maximum Gasteiger partial charge on any atom is 0.241 e. The summed E-state index contributed by atoms with van der Waals surface area (Å²) in [7, 11) is 0. The van der Waals surface area contributed by atoms with E-state index in [1.165, 1.54) is 5.56 Å². The molecule has 1 aromatic carbocycles. The van der Waals surface area contributed by atoms with E-state index in [1.807, 2.05) is 0 Å². The van der Waals surface area contributed by atoms with Crippen LogP contribution in [0.15, 0.2) is 30.3 Å². The summed E-state index contributed by atoms with van der Waals surface area (Å²) in [6.07, 6.45) is 2.15. The predicted octanol–water partition coefficient (Wildman–Crippen LogP) is 0.846. The van der Waals surface area contributed by atoms with E-state index < -0.39 is 0 Å². The minimum Gasteiger partial charge on any atom is -0.338 e. The SMILES string of the molecule is CC1C(c2ccccc2)CCN1C(=O)C1NNC2CCNCC21. The molecule has 5 unspecified atom stereocenters. The molecule has 5 nitrogen and oxygen atoms in total. The van der Waals surface area contributed by atoms with Crippen LogP contribution in [-0.4, -0.2) is 48.6 Å². The summed E-state index contributed by atoms with van der Waals surface area (Å²) in [5, 5.41) is 3.43. The fraction of sp³-hybridized carbons (Fsp3) is 0.611. The molecule has 3 aliphatic rings. The Morgan fingerprint density at radius 1 is 1.17 bits per heavy atom. The van der Waals surface area contributed by atoms with Gasteiger partial charge < -0.3 is 10.2 Å². The molecular formula is C18H26N4O. The molecule has 0 radical (unpaired) electrons. The van der Waals surface area contributed by atoms with Crippen molar-refractivity contribution < 1.29 is 4.79 Å². The Bertz CT molecular complexity index is 563. The fourth-order valence-electron chi connectivity index (χ4n) is 4.54. The number of benzene rings is 1. The van der Waals surface area contributed by atoms with Gasteiger partial charge in [0, 0.05) is 37.0 Å². The Morgan fingerprint density at radius 2 is 2.00 bits per heavy atom. The standard InChI is InChI=1S/C18H26N4O/c1-12-14(13-5-3-2-4-6-13)8-10-22(12)18(23)17-15-11-19-9-7-16(15)20-21-17/h2-6,12,14-17,19-21H,7-11H2,1H3. The molecule has 1 amide bonds. The van der Waals surface area contributed by atoms with E-state index in [1.54, 1.807) is 0 Å². The van der Waals surface area contributed by atoms with Crippen LogP contribution in [0.5, 0.6) is 0 Å². The van der Waals surface area contributed by atoms with Crippen LogP contribution in [0.1, 0.15) is 31.2 Å². The Kier molecular flexibility index (Phi) is 4.09. The normalized spacial score (nSPS) is 36.9. The monoisotopic (exact) mass is 314 g/mol. The first-order valence-corrected chi connectivity index (χ1v) is 8.83. The maximum absolute atomic E-state index is 13.1. The number of hydrogen-bond acceptors (Lipinski definition) is 4. The van der Waals surface area contributed by atoms with Gasteiger partial charge in [-0.05, 0) is 31.9 Å².